The van der Waals surface area contributed by atoms with Crippen LogP contribution in [0.5, 0.6) is 0 Å². The van der Waals surface area contributed by atoms with Gasteiger partial charge in [-0.1, -0.05) is 12.1 Å². The number of nitrogens with zero attached hydrogens (tertiary/aromatic N) is 1. The lowest BCUT2D eigenvalue weighted by Gasteiger charge is -2.02. The second kappa shape index (κ2) is 4.69. The summed E-state index contributed by atoms with van der Waals surface area (Å²) in [6.45, 7) is 0. The van der Waals surface area contributed by atoms with Crippen LogP contribution in [0.2, 0.25) is 0 Å². The molecule has 0 saturated carbocycles. The Morgan fingerprint density at radius 2 is 1.90 bits per heavy atom. The largest absolute Gasteiger partial charge is 0.436 e. The quantitative estimate of drug-likeness (QED) is 0.713. The third kappa shape index (κ3) is 2.35. The zero-order valence-electron chi connectivity index (χ0n) is 9.95. The van der Waals surface area contributed by atoms with Gasteiger partial charge in [-0.2, -0.15) is 8.42 Å². The molecule has 0 unspecified atom stereocenters. The minimum atomic E-state index is -4.27. The fourth-order valence-electron chi connectivity index (χ4n) is 1.82. The maximum Gasteiger partial charge on any atom is 0.294 e. The van der Waals surface area contributed by atoms with Crippen LogP contribution in [0.15, 0.2) is 56.2 Å². The maximum absolute atomic E-state index is 11.2. The molecule has 2 aromatic carbocycles. The summed E-state index contributed by atoms with van der Waals surface area (Å²) in [6.07, 6.45) is 0. The third-order valence-corrected chi connectivity index (χ3v) is 4.30. The summed E-state index contributed by atoms with van der Waals surface area (Å²) in [5, 5.41) is 0. The number of fused-ring (bicyclic) bond motifs is 1. The Morgan fingerprint density at radius 3 is 2.60 bits per heavy atom. The lowest BCUT2D eigenvalue weighted by molar-refractivity contribution is 0.483. The van der Waals surface area contributed by atoms with E-state index in [1.807, 2.05) is 12.1 Å². The molecule has 0 aliphatic heterocycles. The van der Waals surface area contributed by atoms with Crippen LogP contribution in [0.1, 0.15) is 0 Å². The van der Waals surface area contributed by atoms with E-state index in [0.717, 1.165) is 0 Å². The summed E-state index contributed by atoms with van der Waals surface area (Å²) in [6, 6.07) is 11.3. The summed E-state index contributed by atoms with van der Waals surface area (Å²) in [5.74, 6) is 0.281. The molecule has 7 heteroatoms. The Kier molecular flexibility index (Phi) is 3.12. The fraction of sp³-hybridized carbons (Fsp3) is 0. The van der Waals surface area contributed by atoms with Crippen LogP contribution in [-0.2, 0) is 10.1 Å². The van der Waals surface area contributed by atoms with Gasteiger partial charge in [-0.05, 0) is 46.3 Å². The zero-order valence-corrected chi connectivity index (χ0v) is 12.3. The Balaban J connectivity index is 2.23. The number of oxazole rings is 1. The van der Waals surface area contributed by atoms with E-state index in [9.17, 15) is 8.42 Å². The molecule has 5 nitrogen and oxygen atoms in total. The molecule has 1 aromatic heterocycles. The molecule has 0 fully saturated rings. The molecule has 0 bridgehead atoms. The van der Waals surface area contributed by atoms with Crippen molar-refractivity contribution in [2.45, 2.75) is 4.90 Å². The topological polar surface area (TPSA) is 80.4 Å². The van der Waals surface area contributed by atoms with E-state index in [1.165, 1.54) is 18.2 Å². The van der Waals surface area contributed by atoms with Gasteiger partial charge in [-0.3, -0.25) is 4.55 Å². The molecule has 0 aliphatic carbocycles. The van der Waals surface area contributed by atoms with Crippen molar-refractivity contribution in [2.24, 2.45) is 0 Å². The summed E-state index contributed by atoms with van der Waals surface area (Å²) < 4.78 is 37.7. The van der Waals surface area contributed by atoms with Gasteiger partial charge in [0.1, 0.15) is 5.52 Å². The average Bonchev–Trinajstić information content (AvgIpc) is 2.81. The van der Waals surface area contributed by atoms with Gasteiger partial charge in [0.2, 0.25) is 5.89 Å². The SMILES string of the molecule is O=S(=O)(O)c1ccc(Br)c(-c2nc3ccccc3o2)c1. The molecule has 3 rings (SSSR count). The zero-order chi connectivity index (χ0) is 14.3. The lowest BCUT2D eigenvalue weighted by atomic mass is 10.2. The van der Waals surface area contributed by atoms with Crippen LogP contribution in [0.25, 0.3) is 22.6 Å². The van der Waals surface area contributed by atoms with Crippen molar-refractivity contribution < 1.29 is 17.4 Å². The molecule has 0 radical (unpaired) electrons. The third-order valence-electron chi connectivity index (χ3n) is 2.76. The molecular weight excluding hydrogens is 346 g/mol. The predicted molar refractivity (Wildman–Crippen MR) is 77.0 cm³/mol. The van der Waals surface area contributed by atoms with E-state index in [4.69, 9.17) is 8.97 Å². The van der Waals surface area contributed by atoms with Crippen molar-refractivity contribution in [3.8, 4) is 11.5 Å². The van der Waals surface area contributed by atoms with Crippen molar-refractivity contribution in [3.63, 3.8) is 0 Å². The smallest absolute Gasteiger partial charge is 0.294 e. The molecule has 1 N–H and O–H groups in total. The fourth-order valence-corrected chi connectivity index (χ4v) is 2.74. The second-order valence-corrected chi connectivity index (χ2v) is 6.38. The highest BCUT2D eigenvalue weighted by Crippen LogP contribution is 2.32. The van der Waals surface area contributed by atoms with Crippen molar-refractivity contribution >= 4 is 37.1 Å². The minimum Gasteiger partial charge on any atom is -0.436 e. The van der Waals surface area contributed by atoms with Gasteiger partial charge in [0.05, 0.1) is 10.5 Å². The molecule has 0 amide bonds. The van der Waals surface area contributed by atoms with Crippen LogP contribution in [0.3, 0.4) is 0 Å². The first-order chi connectivity index (χ1) is 9.45. The molecule has 0 atom stereocenters. The Hall–Kier alpha value is -1.70. The van der Waals surface area contributed by atoms with Gasteiger partial charge in [0.25, 0.3) is 10.1 Å². The summed E-state index contributed by atoms with van der Waals surface area (Å²) in [5.41, 5.74) is 1.73. The van der Waals surface area contributed by atoms with E-state index in [1.54, 1.807) is 12.1 Å². The predicted octanol–water partition coefficient (Wildman–Crippen LogP) is 3.50. The first-order valence-electron chi connectivity index (χ1n) is 5.58. The highest BCUT2D eigenvalue weighted by molar-refractivity contribution is 9.10. The average molecular weight is 354 g/mol. The normalized spacial score (nSPS) is 11.9. The van der Waals surface area contributed by atoms with Gasteiger partial charge in [-0.15, -0.1) is 0 Å². The van der Waals surface area contributed by atoms with Crippen LogP contribution in [0.4, 0.5) is 0 Å². The highest BCUT2D eigenvalue weighted by Gasteiger charge is 2.16. The van der Waals surface area contributed by atoms with E-state index in [2.05, 4.69) is 20.9 Å². The maximum atomic E-state index is 11.2. The first kappa shape index (κ1) is 13.3. The van der Waals surface area contributed by atoms with Gasteiger partial charge in [0.15, 0.2) is 5.58 Å². The molecule has 0 aliphatic rings. The number of halogens is 1. The number of aromatic nitrogens is 1. The molecular formula is C13H8BrNO4S. The van der Waals surface area contributed by atoms with E-state index in [0.29, 0.717) is 21.1 Å². The van der Waals surface area contributed by atoms with Gasteiger partial charge in [-0.25, -0.2) is 4.98 Å². The number of hydrogen-bond acceptors (Lipinski definition) is 4. The highest BCUT2D eigenvalue weighted by atomic mass is 79.9. The van der Waals surface area contributed by atoms with Gasteiger partial charge < -0.3 is 4.42 Å². The molecule has 3 aromatic rings. The Labute approximate surface area is 123 Å². The standard InChI is InChI=1S/C13H8BrNO4S/c14-10-6-5-8(20(16,17)18)7-9(10)13-15-11-3-1-2-4-12(11)19-13/h1-7H,(H,16,17,18). The van der Waals surface area contributed by atoms with Crippen LogP contribution in [-0.4, -0.2) is 18.0 Å². The monoisotopic (exact) mass is 353 g/mol. The first-order valence-corrected chi connectivity index (χ1v) is 7.81. The summed E-state index contributed by atoms with van der Waals surface area (Å²) in [4.78, 5) is 4.08. The van der Waals surface area contributed by atoms with Crippen molar-refractivity contribution in [1.29, 1.82) is 0 Å². The van der Waals surface area contributed by atoms with Crippen molar-refractivity contribution in [3.05, 3.63) is 46.9 Å². The van der Waals surface area contributed by atoms with E-state index in [-0.39, 0.29) is 10.8 Å². The molecule has 0 saturated heterocycles. The van der Waals surface area contributed by atoms with Crippen molar-refractivity contribution in [2.75, 3.05) is 0 Å². The van der Waals surface area contributed by atoms with E-state index < -0.39 is 10.1 Å². The summed E-state index contributed by atoms with van der Waals surface area (Å²) >= 11 is 3.31. The lowest BCUT2D eigenvalue weighted by Crippen LogP contribution is -1.98. The number of para-hydroxylation sites is 2. The molecule has 0 spiro atoms. The number of hydrogen-bond donors (Lipinski definition) is 1. The second-order valence-electron chi connectivity index (χ2n) is 4.10. The number of benzene rings is 2. The minimum absolute atomic E-state index is 0.210. The Bertz CT molecular complexity index is 869. The van der Waals surface area contributed by atoms with Gasteiger partial charge in [0, 0.05) is 4.47 Å². The van der Waals surface area contributed by atoms with Crippen LogP contribution < -0.4 is 0 Å². The molecule has 1 heterocycles. The Morgan fingerprint density at radius 1 is 1.15 bits per heavy atom. The van der Waals surface area contributed by atoms with Crippen molar-refractivity contribution in [1.82, 2.24) is 4.98 Å². The summed E-state index contributed by atoms with van der Waals surface area (Å²) in [7, 11) is -4.27. The molecule has 20 heavy (non-hydrogen) atoms. The molecule has 102 valence electrons. The van der Waals surface area contributed by atoms with Crippen LogP contribution >= 0.6 is 15.9 Å². The van der Waals surface area contributed by atoms with Gasteiger partial charge >= 0.3 is 0 Å². The number of rotatable bonds is 2. The van der Waals surface area contributed by atoms with Crippen LogP contribution in [0, 0.1) is 0 Å². The van der Waals surface area contributed by atoms with E-state index >= 15 is 0 Å².